The lowest BCUT2D eigenvalue weighted by Gasteiger charge is -2.15. The van der Waals surface area contributed by atoms with Crippen LogP contribution < -0.4 is 15.6 Å². The van der Waals surface area contributed by atoms with E-state index < -0.39 is 0 Å². The molecule has 4 aromatic rings. The van der Waals surface area contributed by atoms with E-state index >= 15 is 0 Å². The summed E-state index contributed by atoms with van der Waals surface area (Å²) in [4.78, 5) is 19.5. The number of fused-ring (bicyclic) bond motifs is 1. The fourth-order valence-electron chi connectivity index (χ4n) is 3.26. The summed E-state index contributed by atoms with van der Waals surface area (Å²) in [6.45, 7) is 2.62. The molecule has 6 heteroatoms. The summed E-state index contributed by atoms with van der Waals surface area (Å²) in [5.41, 5.74) is 2.88. The molecule has 3 aromatic carbocycles. The first-order valence-electron chi connectivity index (χ1n) is 9.68. The Morgan fingerprint density at radius 2 is 1.63 bits per heavy atom. The van der Waals surface area contributed by atoms with Crippen LogP contribution in [0, 0.1) is 0 Å². The van der Waals surface area contributed by atoms with Gasteiger partial charge in [0, 0.05) is 6.04 Å². The van der Waals surface area contributed by atoms with E-state index in [1.54, 1.807) is 6.07 Å². The van der Waals surface area contributed by atoms with Crippen LogP contribution in [0.5, 0.6) is 5.75 Å². The van der Waals surface area contributed by atoms with Gasteiger partial charge in [-0.1, -0.05) is 54.6 Å². The van der Waals surface area contributed by atoms with Crippen LogP contribution >= 0.6 is 12.4 Å². The average Bonchev–Trinajstić information content (AvgIpc) is 2.74. The second kappa shape index (κ2) is 9.94. The molecule has 5 nitrogen and oxygen atoms in total. The molecule has 0 aliphatic rings. The van der Waals surface area contributed by atoms with Crippen molar-refractivity contribution in [2.24, 2.45) is 0 Å². The van der Waals surface area contributed by atoms with Gasteiger partial charge in [0.15, 0.2) is 0 Å². The molecule has 0 spiro atoms. The van der Waals surface area contributed by atoms with E-state index in [-0.39, 0.29) is 24.0 Å². The van der Waals surface area contributed by atoms with Crippen molar-refractivity contribution in [3.8, 4) is 5.75 Å². The van der Waals surface area contributed by atoms with E-state index in [2.05, 4.69) is 34.3 Å². The number of hydrogen-bond acceptors (Lipinski definition) is 4. The lowest BCUT2D eigenvalue weighted by Crippen LogP contribution is -2.22. The van der Waals surface area contributed by atoms with Crippen LogP contribution in [-0.4, -0.2) is 16.0 Å². The fraction of sp³-hybridized carbons (Fsp3) is 0.167. The van der Waals surface area contributed by atoms with Gasteiger partial charge in [0.05, 0.1) is 10.9 Å². The smallest absolute Gasteiger partial charge is 0.260 e. The molecule has 4 rings (SSSR count). The number of ether oxygens (including phenoxy) is 1. The van der Waals surface area contributed by atoms with E-state index in [1.807, 2.05) is 60.7 Å². The number of aromatic amines is 1. The monoisotopic (exact) mass is 421 g/mol. The minimum absolute atomic E-state index is 0. The number of rotatable bonds is 7. The highest BCUT2D eigenvalue weighted by molar-refractivity contribution is 5.85. The molecular weight excluding hydrogens is 398 g/mol. The highest BCUT2D eigenvalue weighted by Gasteiger charge is 2.08. The number of nitrogens with one attached hydrogen (secondary N) is 2. The average molecular weight is 422 g/mol. The summed E-state index contributed by atoms with van der Waals surface area (Å²) < 4.78 is 5.84. The van der Waals surface area contributed by atoms with Crippen LogP contribution in [0.25, 0.3) is 10.9 Å². The summed E-state index contributed by atoms with van der Waals surface area (Å²) in [5, 5.41) is 3.88. The van der Waals surface area contributed by atoms with Gasteiger partial charge in [0.25, 0.3) is 5.56 Å². The molecule has 1 unspecified atom stereocenters. The molecule has 1 aromatic heterocycles. The zero-order chi connectivity index (χ0) is 20.1. The first-order valence-corrected chi connectivity index (χ1v) is 9.68. The Balaban J connectivity index is 0.00000256. The molecular formula is C24H24ClN3O2. The van der Waals surface area contributed by atoms with Crippen molar-refractivity contribution in [2.45, 2.75) is 26.0 Å². The van der Waals surface area contributed by atoms with Crippen molar-refractivity contribution in [3.63, 3.8) is 0 Å². The Hall–Kier alpha value is -3.31. The second-order valence-electron chi connectivity index (χ2n) is 7.10. The van der Waals surface area contributed by atoms with E-state index in [1.165, 1.54) is 5.56 Å². The lowest BCUT2D eigenvalue weighted by molar-refractivity contribution is 0.306. The van der Waals surface area contributed by atoms with Gasteiger partial charge in [0.2, 0.25) is 5.95 Å². The molecule has 0 fully saturated rings. The SMILES string of the molecule is CC(Cc1ccc(OCc2ccccc2)cc1)Nc1nc2ccccc2c(=O)[nH]1.Cl. The number of nitrogens with zero attached hydrogens (tertiary/aromatic N) is 1. The molecule has 30 heavy (non-hydrogen) atoms. The molecule has 2 N–H and O–H groups in total. The molecule has 0 aliphatic carbocycles. The standard InChI is InChI=1S/C24H23N3O2.ClH/c1-17(25-24-26-22-10-6-5-9-21(22)23(28)27-24)15-18-11-13-20(14-12-18)29-16-19-7-3-2-4-8-19;/h2-14,17H,15-16H2,1H3,(H2,25,26,27,28);1H. The van der Waals surface area contributed by atoms with Crippen LogP contribution in [-0.2, 0) is 13.0 Å². The third-order valence-corrected chi connectivity index (χ3v) is 4.71. The Morgan fingerprint density at radius 1 is 0.933 bits per heavy atom. The molecule has 0 saturated heterocycles. The predicted octanol–water partition coefficient (Wildman–Crippen LogP) is 4.97. The second-order valence-corrected chi connectivity index (χ2v) is 7.10. The minimum Gasteiger partial charge on any atom is -0.489 e. The highest BCUT2D eigenvalue weighted by Crippen LogP contribution is 2.16. The van der Waals surface area contributed by atoms with E-state index in [0.717, 1.165) is 17.7 Å². The normalized spacial score (nSPS) is 11.5. The molecule has 0 aliphatic heterocycles. The number of H-pyrrole nitrogens is 1. The largest absolute Gasteiger partial charge is 0.489 e. The third kappa shape index (κ3) is 5.39. The lowest BCUT2D eigenvalue weighted by atomic mass is 10.1. The number of para-hydroxylation sites is 1. The maximum Gasteiger partial charge on any atom is 0.260 e. The zero-order valence-electron chi connectivity index (χ0n) is 16.7. The van der Waals surface area contributed by atoms with Crippen molar-refractivity contribution in [2.75, 3.05) is 5.32 Å². The van der Waals surface area contributed by atoms with Crippen molar-refractivity contribution in [3.05, 3.63) is 100 Å². The van der Waals surface area contributed by atoms with Crippen LogP contribution in [0.2, 0.25) is 0 Å². The molecule has 0 saturated carbocycles. The van der Waals surface area contributed by atoms with Crippen LogP contribution in [0.3, 0.4) is 0 Å². The van der Waals surface area contributed by atoms with Gasteiger partial charge >= 0.3 is 0 Å². The quantitative estimate of drug-likeness (QED) is 0.442. The van der Waals surface area contributed by atoms with Crippen LogP contribution in [0.1, 0.15) is 18.1 Å². The zero-order valence-corrected chi connectivity index (χ0v) is 17.5. The summed E-state index contributed by atoms with van der Waals surface area (Å²) in [5.74, 6) is 1.34. The Kier molecular flexibility index (Phi) is 7.09. The highest BCUT2D eigenvalue weighted by atomic mass is 35.5. The number of aromatic nitrogens is 2. The van der Waals surface area contributed by atoms with Gasteiger partial charge in [0.1, 0.15) is 12.4 Å². The minimum atomic E-state index is -0.134. The Morgan fingerprint density at radius 3 is 2.40 bits per heavy atom. The number of hydrogen-bond donors (Lipinski definition) is 2. The molecule has 0 amide bonds. The Bertz CT molecular complexity index is 1140. The van der Waals surface area contributed by atoms with Gasteiger partial charge < -0.3 is 10.1 Å². The van der Waals surface area contributed by atoms with Gasteiger partial charge in [-0.05, 0) is 48.7 Å². The summed E-state index contributed by atoms with van der Waals surface area (Å²) in [7, 11) is 0. The maximum atomic E-state index is 12.2. The van der Waals surface area contributed by atoms with Crippen molar-refractivity contribution >= 4 is 29.3 Å². The van der Waals surface area contributed by atoms with Crippen molar-refractivity contribution in [1.82, 2.24) is 9.97 Å². The molecule has 154 valence electrons. The number of halogens is 1. The van der Waals surface area contributed by atoms with E-state index in [9.17, 15) is 4.79 Å². The van der Waals surface area contributed by atoms with Gasteiger partial charge in [-0.25, -0.2) is 4.98 Å². The molecule has 0 bridgehead atoms. The molecule has 1 heterocycles. The van der Waals surface area contributed by atoms with E-state index in [0.29, 0.717) is 23.5 Å². The van der Waals surface area contributed by atoms with E-state index in [4.69, 9.17) is 4.74 Å². The van der Waals surface area contributed by atoms with Crippen molar-refractivity contribution < 1.29 is 4.74 Å². The van der Waals surface area contributed by atoms with Crippen LogP contribution in [0.4, 0.5) is 5.95 Å². The first-order chi connectivity index (χ1) is 14.2. The summed E-state index contributed by atoms with van der Waals surface area (Å²) in [6.07, 6.45) is 0.801. The van der Waals surface area contributed by atoms with Crippen molar-refractivity contribution in [1.29, 1.82) is 0 Å². The molecule has 1 atom stereocenters. The molecule has 0 radical (unpaired) electrons. The Labute approximate surface area is 181 Å². The summed E-state index contributed by atoms with van der Waals surface area (Å²) in [6, 6.07) is 25.6. The fourth-order valence-corrected chi connectivity index (χ4v) is 3.26. The van der Waals surface area contributed by atoms with Gasteiger partial charge in [-0.3, -0.25) is 9.78 Å². The maximum absolute atomic E-state index is 12.2. The summed E-state index contributed by atoms with van der Waals surface area (Å²) >= 11 is 0. The third-order valence-electron chi connectivity index (χ3n) is 4.71. The van der Waals surface area contributed by atoms with Gasteiger partial charge in [-0.2, -0.15) is 0 Å². The number of anilines is 1. The first kappa shape index (κ1) is 21.4. The topological polar surface area (TPSA) is 67.0 Å². The number of benzene rings is 3. The van der Waals surface area contributed by atoms with Crippen LogP contribution in [0.15, 0.2) is 83.7 Å². The van der Waals surface area contributed by atoms with Gasteiger partial charge in [-0.15, -0.1) is 12.4 Å². The predicted molar refractivity (Wildman–Crippen MR) is 124 cm³/mol.